The number of carbonyl (C=O) groups is 3. The smallest absolute Gasteiger partial charge is 0.342 e. The van der Waals surface area contributed by atoms with Gasteiger partial charge in [-0.05, 0) is 26.3 Å². The SMILES string of the molecule is CCOC(=O)c1c(C)oc(NC(=O)C[NH+](C)Cc2ccccc2C)c1C(N)=O. The Morgan fingerprint density at radius 1 is 1.18 bits per heavy atom. The molecule has 28 heavy (non-hydrogen) atoms. The minimum atomic E-state index is -0.879. The number of carbonyl (C=O) groups excluding carboxylic acids is 3. The molecule has 4 N–H and O–H groups in total. The van der Waals surface area contributed by atoms with Crippen molar-refractivity contribution in [2.45, 2.75) is 27.3 Å². The van der Waals surface area contributed by atoms with E-state index >= 15 is 0 Å². The van der Waals surface area contributed by atoms with Crippen LogP contribution in [0.2, 0.25) is 0 Å². The van der Waals surface area contributed by atoms with Crippen molar-refractivity contribution in [2.75, 3.05) is 25.5 Å². The van der Waals surface area contributed by atoms with Crippen LogP contribution in [0.15, 0.2) is 28.7 Å². The summed E-state index contributed by atoms with van der Waals surface area (Å²) >= 11 is 0. The fourth-order valence-electron chi connectivity index (χ4n) is 2.96. The van der Waals surface area contributed by atoms with Gasteiger partial charge in [-0.25, -0.2) is 4.79 Å². The van der Waals surface area contributed by atoms with Crippen LogP contribution in [0, 0.1) is 13.8 Å². The van der Waals surface area contributed by atoms with E-state index in [9.17, 15) is 14.4 Å². The minimum Gasteiger partial charge on any atom is -0.462 e. The largest absolute Gasteiger partial charge is 0.462 e. The number of hydrogen-bond donors (Lipinski definition) is 3. The highest BCUT2D eigenvalue weighted by Crippen LogP contribution is 2.27. The van der Waals surface area contributed by atoms with Gasteiger partial charge < -0.3 is 19.8 Å². The van der Waals surface area contributed by atoms with E-state index in [1.54, 1.807) is 6.92 Å². The predicted octanol–water partition coefficient (Wildman–Crippen LogP) is 0.825. The van der Waals surface area contributed by atoms with Gasteiger partial charge in [-0.2, -0.15) is 0 Å². The average molecular weight is 388 g/mol. The van der Waals surface area contributed by atoms with E-state index in [1.165, 1.54) is 6.92 Å². The second-order valence-electron chi connectivity index (χ2n) is 6.61. The maximum atomic E-state index is 12.4. The first-order valence-corrected chi connectivity index (χ1v) is 9.00. The number of primary amides is 1. The topological polar surface area (TPSA) is 116 Å². The van der Waals surface area contributed by atoms with Gasteiger partial charge in [0, 0.05) is 5.56 Å². The molecule has 1 aromatic heterocycles. The number of quaternary nitrogens is 1. The lowest BCUT2D eigenvalue weighted by molar-refractivity contribution is -0.885. The van der Waals surface area contributed by atoms with Crippen molar-refractivity contribution >= 4 is 23.7 Å². The molecule has 8 heteroatoms. The monoisotopic (exact) mass is 388 g/mol. The minimum absolute atomic E-state index is 0.0646. The number of ether oxygens (including phenoxy) is 1. The Kier molecular flexibility index (Phi) is 6.94. The molecule has 0 spiro atoms. The van der Waals surface area contributed by atoms with E-state index in [0.717, 1.165) is 16.0 Å². The first kappa shape index (κ1) is 21.2. The van der Waals surface area contributed by atoms with E-state index in [-0.39, 0.29) is 41.8 Å². The molecular formula is C20H26N3O5+. The summed E-state index contributed by atoms with van der Waals surface area (Å²) < 4.78 is 10.4. The van der Waals surface area contributed by atoms with Gasteiger partial charge in [0.25, 0.3) is 11.8 Å². The van der Waals surface area contributed by atoms with Crippen molar-refractivity contribution in [3.63, 3.8) is 0 Å². The van der Waals surface area contributed by atoms with Crippen LogP contribution in [0.1, 0.15) is 44.5 Å². The molecule has 1 unspecified atom stereocenters. The van der Waals surface area contributed by atoms with Crippen molar-refractivity contribution < 1.29 is 28.4 Å². The van der Waals surface area contributed by atoms with E-state index in [4.69, 9.17) is 14.9 Å². The number of furan rings is 1. The third-order valence-electron chi connectivity index (χ3n) is 4.28. The summed E-state index contributed by atoms with van der Waals surface area (Å²) in [7, 11) is 1.89. The lowest BCUT2D eigenvalue weighted by atomic mass is 10.1. The second kappa shape index (κ2) is 9.18. The number of nitrogens with one attached hydrogen (secondary N) is 2. The van der Waals surface area contributed by atoms with E-state index in [2.05, 4.69) is 5.32 Å². The first-order chi connectivity index (χ1) is 13.2. The van der Waals surface area contributed by atoms with Crippen LogP contribution in [0.25, 0.3) is 0 Å². The standard InChI is InChI=1S/C20H25N3O5/c1-5-27-20(26)16-13(3)28-19(17(16)18(21)25)22-15(24)11-23(4)10-14-9-7-6-8-12(14)2/h6-9H,5,10-11H2,1-4H3,(H2,21,25)(H,22,24)/p+1. The summed E-state index contributed by atoms with van der Waals surface area (Å²) in [5.41, 5.74) is 7.45. The van der Waals surface area contributed by atoms with Crippen LogP contribution in [-0.2, 0) is 16.1 Å². The van der Waals surface area contributed by atoms with E-state index in [0.29, 0.717) is 6.54 Å². The summed E-state index contributed by atoms with van der Waals surface area (Å²) in [6, 6.07) is 7.96. The van der Waals surface area contributed by atoms with E-state index < -0.39 is 11.9 Å². The molecule has 2 amide bonds. The predicted molar refractivity (Wildman–Crippen MR) is 103 cm³/mol. The number of anilines is 1. The van der Waals surface area contributed by atoms with Crippen LogP contribution in [0.4, 0.5) is 5.88 Å². The third-order valence-corrected chi connectivity index (χ3v) is 4.28. The maximum Gasteiger partial charge on any atom is 0.342 e. The molecule has 0 bridgehead atoms. The number of esters is 1. The van der Waals surface area contributed by atoms with Crippen LogP contribution >= 0.6 is 0 Å². The Morgan fingerprint density at radius 2 is 1.86 bits per heavy atom. The zero-order chi connectivity index (χ0) is 20.8. The zero-order valence-corrected chi connectivity index (χ0v) is 16.5. The molecule has 8 nitrogen and oxygen atoms in total. The second-order valence-corrected chi connectivity index (χ2v) is 6.61. The Balaban J connectivity index is 2.13. The van der Waals surface area contributed by atoms with Crippen LogP contribution in [-0.4, -0.2) is 38.0 Å². The van der Waals surface area contributed by atoms with Gasteiger partial charge in [-0.1, -0.05) is 24.3 Å². The van der Waals surface area contributed by atoms with Crippen molar-refractivity contribution in [3.05, 3.63) is 52.3 Å². The van der Waals surface area contributed by atoms with Gasteiger partial charge in [0.05, 0.1) is 13.7 Å². The number of aryl methyl sites for hydroxylation is 2. The normalized spacial score (nSPS) is 11.7. The Bertz CT molecular complexity index is 888. The number of amides is 2. The highest BCUT2D eigenvalue weighted by molar-refractivity contribution is 6.10. The molecule has 0 aliphatic rings. The van der Waals surface area contributed by atoms with E-state index in [1.807, 2.05) is 38.2 Å². The zero-order valence-electron chi connectivity index (χ0n) is 16.5. The summed E-state index contributed by atoms with van der Waals surface area (Å²) in [5, 5.41) is 2.55. The summed E-state index contributed by atoms with van der Waals surface area (Å²) in [4.78, 5) is 37.3. The molecule has 0 saturated heterocycles. The highest BCUT2D eigenvalue weighted by Gasteiger charge is 2.29. The average Bonchev–Trinajstić information content (AvgIpc) is 2.93. The Labute approximate surface area is 163 Å². The van der Waals surface area contributed by atoms with Gasteiger partial charge in [0.2, 0.25) is 5.88 Å². The molecule has 2 rings (SSSR count). The van der Waals surface area contributed by atoms with Crippen LogP contribution in [0.5, 0.6) is 0 Å². The van der Waals surface area contributed by atoms with Crippen molar-refractivity contribution in [1.82, 2.24) is 0 Å². The van der Waals surface area contributed by atoms with Crippen molar-refractivity contribution in [3.8, 4) is 0 Å². The molecule has 0 saturated carbocycles. The molecule has 1 atom stereocenters. The Hall–Kier alpha value is -3.13. The molecule has 2 aromatic rings. The molecule has 150 valence electrons. The van der Waals surface area contributed by atoms with Gasteiger partial charge in [-0.3, -0.25) is 14.9 Å². The van der Waals surface area contributed by atoms with Gasteiger partial charge >= 0.3 is 5.97 Å². The summed E-state index contributed by atoms with van der Waals surface area (Å²) in [6.45, 7) is 6.10. The van der Waals surface area contributed by atoms with Gasteiger partial charge in [-0.15, -0.1) is 0 Å². The Morgan fingerprint density at radius 3 is 2.46 bits per heavy atom. The lowest BCUT2D eigenvalue weighted by Gasteiger charge is -2.15. The first-order valence-electron chi connectivity index (χ1n) is 9.00. The van der Waals surface area contributed by atoms with Crippen LogP contribution in [0.3, 0.4) is 0 Å². The third kappa shape index (κ3) is 4.98. The molecule has 0 radical (unpaired) electrons. The molecule has 1 heterocycles. The quantitative estimate of drug-likeness (QED) is 0.579. The summed E-state index contributed by atoms with van der Waals surface area (Å²) in [5.74, 6) is -1.95. The highest BCUT2D eigenvalue weighted by atomic mass is 16.5. The van der Waals surface area contributed by atoms with Crippen molar-refractivity contribution in [1.29, 1.82) is 0 Å². The number of likely N-dealkylation sites (N-methyl/N-ethyl adjacent to an activating group) is 1. The number of benzene rings is 1. The number of hydrogen-bond acceptors (Lipinski definition) is 5. The fourth-order valence-corrected chi connectivity index (χ4v) is 2.96. The van der Waals surface area contributed by atoms with Crippen molar-refractivity contribution in [2.24, 2.45) is 5.73 Å². The molecule has 0 aliphatic heterocycles. The van der Waals surface area contributed by atoms with Crippen LogP contribution < -0.4 is 16.0 Å². The van der Waals surface area contributed by atoms with Gasteiger partial charge in [0.15, 0.2) is 6.54 Å². The maximum absolute atomic E-state index is 12.4. The molecular weight excluding hydrogens is 362 g/mol. The molecule has 0 fully saturated rings. The molecule has 0 aliphatic carbocycles. The van der Waals surface area contributed by atoms with Gasteiger partial charge in [0.1, 0.15) is 23.4 Å². The number of rotatable bonds is 8. The molecule has 1 aromatic carbocycles. The lowest BCUT2D eigenvalue weighted by Crippen LogP contribution is -3.08. The summed E-state index contributed by atoms with van der Waals surface area (Å²) in [6.07, 6.45) is 0. The fraction of sp³-hybridized carbons (Fsp3) is 0.350. The number of nitrogens with two attached hydrogens (primary N) is 1.